The van der Waals surface area contributed by atoms with Crippen molar-refractivity contribution < 1.29 is 23.1 Å². The molecular formula is C26H32F2N6O3. The van der Waals surface area contributed by atoms with Gasteiger partial charge >= 0.3 is 6.09 Å². The van der Waals surface area contributed by atoms with Crippen molar-refractivity contribution in [2.24, 2.45) is 7.05 Å². The van der Waals surface area contributed by atoms with Crippen LogP contribution in [0.2, 0.25) is 0 Å². The van der Waals surface area contributed by atoms with Crippen molar-refractivity contribution in [3.8, 4) is 11.3 Å². The van der Waals surface area contributed by atoms with E-state index in [0.29, 0.717) is 31.5 Å². The predicted octanol–water partition coefficient (Wildman–Crippen LogP) is 4.06. The number of amides is 2. The molecule has 3 rings (SSSR count). The second kappa shape index (κ2) is 12.3. The minimum atomic E-state index is -0.666. The fraction of sp³-hybridized carbons (Fsp3) is 0.385. The van der Waals surface area contributed by atoms with E-state index in [9.17, 15) is 18.4 Å². The smallest absolute Gasteiger partial charge is 0.407 e. The van der Waals surface area contributed by atoms with E-state index in [2.05, 4.69) is 26.0 Å². The minimum Gasteiger partial charge on any atom is -0.444 e. The van der Waals surface area contributed by atoms with Crippen molar-refractivity contribution in [1.29, 1.82) is 0 Å². The first-order chi connectivity index (χ1) is 17.5. The molecule has 1 aromatic carbocycles. The number of carbonyl (C=O) groups is 2. The molecule has 0 fully saturated rings. The Labute approximate surface area is 214 Å². The topological polar surface area (TPSA) is 110 Å². The highest BCUT2D eigenvalue weighted by atomic mass is 19.1. The molecule has 11 heteroatoms. The summed E-state index contributed by atoms with van der Waals surface area (Å²) in [4.78, 5) is 29.0. The number of rotatable bonds is 10. The van der Waals surface area contributed by atoms with E-state index in [-0.39, 0.29) is 29.4 Å². The molecular weight excluding hydrogens is 482 g/mol. The minimum absolute atomic E-state index is 0.0319. The fourth-order valence-electron chi connectivity index (χ4n) is 3.45. The standard InChI is InChI=1S/C26H32F2N6O3/c1-26(2,3)37-25(36)31-11-6-10-30-24(35)20-14-21(28)22(18-15-32-34(4)16-18)33-23(20)29-12-9-17-7-5-8-19(27)13-17/h5,7-8,13-16H,6,9-12H2,1-4H3,(H,29,33)(H,30,35)(H,31,36). The van der Waals surface area contributed by atoms with Gasteiger partial charge in [-0.15, -0.1) is 0 Å². The number of carbonyl (C=O) groups excluding carboxylic acids is 2. The molecule has 198 valence electrons. The molecule has 2 heterocycles. The van der Waals surface area contributed by atoms with Crippen LogP contribution in [0.1, 0.15) is 43.1 Å². The van der Waals surface area contributed by atoms with E-state index in [4.69, 9.17) is 4.74 Å². The summed E-state index contributed by atoms with van der Waals surface area (Å²) in [6, 6.07) is 7.35. The monoisotopic (exact) mass is 514 g/mol. The first-order valence-electron chi connectivity index (χ1n) is 11.9. The first kappa shape index (κ1) is 27.6. The van der Waals surface area contributed by atoms with Gasteiger partial charge in [0, 0.05) is 38.4 Å². The van der Waals surface area contributed by atoms with Crippen LogP contribution in [-0.2, 0) is 18.2 Å². The Morgan fingerprint density at radius 2 is 1.84 bits per heavy atom. The third-order valence-electron chi connectivity index (χ3n) is 5.10. The zero-order valence-electron chi connectivity index (χ0n) is 21.4. The predicted molar refractivity (Wildman–Crippen MR) is 136 cm³/mol. The maximum atomic E-state index is 15.0. The lowest BCUT2D eigenvalue weighted by Crippen LogP contribution is -2.34. The largest absolute Gasteiger partial charge is 0.444 e. The number of nitrogens with zero attached hydrogens (tertiary/aromatic N) is 3. The summed E-state index contributed by atoms with van der Waals surface area (Å²) < 4.78 is 35.2. The van der Waals surface area contributed by atoms with E-state index < -0.39 is 23.4 Å². The lowest BCUT2D eigenvalue weighted by atomic mass is 10.1. The first-order valence-corrected chi connectivity index (χ1v) is 11.9. The van der Waals surface area contributed by atoms with Crippen LogP contribution < -0.4 is 16.0 Å². The van der Waals surface area contributed by atoms with E-state index in [1.807, 2.05) is 0 Å². The van der Waals surface area contributed by atoms with Gasteiger partial charge < -0.3 is 20.7 Å². The summed E-state index contributed by atoms with van der Waals surface area (Å²) in [6.45, 7) is 6.18. The number of aromatic nitrogens is 3. The zero-order chi connectivity index (χ0) is 27.0. The second-order valence-electron chi connectivity index (χ2n) is 9.46. The van der Waals surface area contributed by atoms with Crippen LogP contribution in [0.25, 0.3) is 11.3 Å². The molecule has 3 aromatic rings. The molecule has 0 saturated heterocycles. The number of halogens is 2. The highest BCUT2D eigenvalue weighted by Crippen LogP contribution is 2.25. The molecule has 0 spiro atoms. The van der Waals surface area contributed by atoms with Gasteiger partial charge in [0.05, 0.1) is 11.8 Å². The fourth-order valence-corrected chi connectivity index (χ4v) is 3.45. The van der Waals surface area contributed by atoms with E-state index in [1.165, 1.54) is 23.0 Å². The number of pyridine rings is 1. The Morgan fingerprint density at radius 3 is 2.51 bits per heavy atom. The lowest BCUT2D eigenvalue weighted by Gasteiger charge is -2.19. The Bertz CT molecular complexity index is 1240. The van der Waals surface area contributed by atoms with Gasteiger partial charge in [0.15, 0.2) is 5.82 Å². The third kappa shape index (κ3) is 8.55. The summed E-state index contributed by atoms with van der Waals surface area (Å²) in [6.07, 6.45) is 3.48. The zero-order valence-corrected chi connectivity index (χ0v) is 21.4. The van der Waals surface area contributed by atoms with Gasteiger partial charge in [-0.3, -0.25) is 9.48 Å². The number of ether oxygens (including phenoxy) is 1. The molecule has 0 radical (unpaired) electrons. The van der Waals surface area contributed by atoms with Gasteiger partial charge in [0.1, 0.15) is 22.9 Å². The van der Waals surface area contributed by atoms with E-state index in [0.717, 1.165) is 11.6 Å². The molecule has 0 saturated carbocycles. The number of alkyl carbamates (subject to hydrolysis) is 1. The van der Waals surface area contributed by atoms with Crippen molar-refractivity contribution in [2.75, 3.05) is 25.0 Å². The molecule has 9 nitrogen and oxygen atoms in total. The number of benzene rings is 1. The number of hydrogen-bond acceptors (Lipinski definition) is 6. The molecule has 0 unspecified atom stereocenters. The number of nitrogens with one attached hydrogen (secondary N) is 3. The lowest BCUT2D eigenvalue weighted by molar-refractivity contribution is 0.0527. The summed E-state index contributed by atoms with van der Waals surface area (Å²) in [7, 11) is 1.71. The molecule has 2 aromatic heterocycles. The molecule has 37 heavy (non-hydrogen) atoms. The Kier molecular flexibility index (Phi) is 9.15. The van der Waals surface area contributed by atoms with E-state index >= 15 is 0 Å². The quantitative estimate of drug-likeness (QED) is 0.352. The van der Waals surface area contributed by atoms with Gasteiger partial charge in [0.2, 0.25) is 0 Å². The average Bonchev–Trinajstić information content (AvgIpc) is 3.24. The van der Waals surface area contributed by atoms with E-state index in [1.54, 1.807) is 46.1 Å². The summed E-state index contributed by atoms with van der Waals surface area (Å²) >= 11 is 0. The van der Waals surface area contributed by atoms with Gasteiger partial charge in [-0.05, 0) is 57.4 Å². The van der Waals surface area contributed by atoms with Gasteiger partial charge in [0.25, 0.3) is 5.91 Å². The molecule has 0 atom stereocenters. The van der Waals surface area contributed by atoms with Crippen LogP contribution in [-0.4, -0.2) is 52.0 Å². The second-order valence-corrected chi connectivity index (χ2v) is 9.46. The molecule has 0 aliphatic rings. The highest BCUT2D eigenvalue weighted by Gasteiger charge is 2.20. The average molecular weight is 515 g/mol. The van der Waals surface area contributed by atoms with Crippen molar-refractivity contribution in [3.63, 3.8) is 0 Å². The van der Waals surface area contributed by atoms with Crippen LogP contribution in [0.15, 0.2) is 42.7 Å². The van der Waals surface area contributed by atoms with Crippen LogP contribution in [0.5, 0.6) is 0 Å². The summed E-state index contributed by atoms with van der Waals surface area (Å²) in [5, 5.41) is 12.5. The van der Waals surface area contributed by atoms with Gasteiger partial charge in [-0.2, -0.15) is 5.10 Å². The molecule has 0 bridgehead atoms. The maximum Gasteiger partial charge on any atom is 0.407 e. The Hall–Kier alpha value is -4.02. The van der Waals surface area contributed by atoms with Gasteiger partial charge in [-0.1, -0.05) is 12.1 Å². The number of aryl methyl sites for hydroxylation is 1. The van der Waals surface area contributed by atoms with Crippen molar-refractivity contribution in [1.82, 2.24) is 25.4 Å². The van der Waals surface area contributed by atoms with Crippen molar-refractivity contribution >= 4 is 17.8 Å². The van der Waals surface area contributed by atoms with Crippen molar-refractivity contribution in [3.05, 3.63) is 65.5 Å². The van der Waals surface area contributed by atoms with Crippen LogP contribution in [0.4, 0.5) is 19.4 Å². The molecule has 3 N–H and O–H groups in total. The number of anilines is 1. The summed E-state index contributed by atoms with van der Waals surface area (Å²) in [5.74, 6) is -1.33. The normalized spacial score (nSPS) is 11.2. The Balaban J connectivity index is 1.67. The van der Waals surface area contributed by atoms with Crippen LogP contribution >= 0.6 is 0 Å². The van der Waals surface area contributed by atoms with Crippen molar-refractivity contribution in [2.45, 2.75) is 39.2 Å². The molecule has 0 aliphatic heterocycles. The maximum absolute atomic E-state index is 15.0. The Morgan fingerprint density at radius 1 is 1.08 bits per heavy atom. The molecule has 2 amide bonds. The van der Waals surface area contributed by atoms with Gasteiger partial charge in [-0.25, -0.2) is 18.6 Å². The highest BCUT2D eigenvalue weighted by molar-refractivity contribution is 5.99. The van der Waals surface area contributed by atoms with Crippen LogP contribution in [0, 0.1) is 11.6 Å². The molecule has 0 aliphatic carbocycles. The number of hydrogen-bond donors (Lipinski definition) is 3. The third-order valence-corrected chi connectivity index (χ3v) is 5.10. The summed E-state index contributed by atoms with van der Waals surface area (Å²) in [5.41, 5.74) is 0.720. The van der Waals surface area contributed by atoms with Crippen LogP contribution in [0.3, 0.4) is 0 Å². The SMILES string of the molecule is Cn1cc(-c2nc(NCCc3cccc(F)c3)c(C(=O)NCCCNC(=O)OC(C)(C)C)cc2F)cn1.